The number of alkyl halides is 2. The number of phenols is 1. The SMILES string of the molecule is CC(C)CC(C(=O)NC(Cc1ccc(O)cc1)C(=O)O)N(C)C(=O)C(NC(=O)C1CCCN1C(=O)C(O)C(N)CCCCCCC(Cl)Cl)C(C)C. The standard InChI is InChI=1S/C36H57Cl2N5O8/c1-21(2)19-28(33(47)40-26(36(50)51)20-23-14-16-24(44)17-15-23)42(5)34(48)30(22(3)4)41-32(46)27-12-10-18-43(27)35(49)31(45)25(39)11-8-6-7-9-13-29(37)38/h14-17,21-22,25-31,44-45H,6-13,18-20,39H2,1-5H3,(H,40,47)(H,41,46)(H,50,51). The Morgan fingerprint density at radius 2 is 1.59 bits per heavy atom. The van der Waals surface area contributed by atoms with Gasteiger partial charge in [0.1, 0.15) is 40.9 Å². The van der Waals surface area contributed by atoms with Gasteiger partial charge in [0.25, 0.3) is 5.91 Å². The van der Waals surface area contributed by atoms with E-state index in [9.17, 15) is 39.3 Å². The van der Waals surface area contributed by atoms with Crippen LogP contribution in [0.4, 0.5) is 0 Å². The lowest BCUT2D eigenvalue weighted by molar-refractivity contribution is -0.148. The highest BCUT2D eigenvalue weighted by atomic mass is 35.5. The number of likely N-dealkylation sites (tertiary alicyclic amines) is 1. The van der Waals surface area contributed by atoms with Gasteiger partial charge in [-0.3, -0.25) is 19.2 Å². The Morgan fingerprint density at radius 1 is 0.980 bits per heavy atom. The quantitative estimate of drug-likeness (QED) is 0.0803. The van der Waals surface area contributed by atoms with Gasteiger partial charge in [-0.25, -0.2) is 4.79 Å². The first kappa shape index (κ1) is 44.0. The molecule has 0 spiro atoms. The summed E-state index contributed by atoms with van der Waals surface area (Å²) in [5.41, 5.74) is 6.76. The fourth-order valence-corrected chi connectivity index (χ4v) is 6.51. The number of likely N-dealkylation sites (N-methyl/N-ethyl adjacent to an activating group) is 1. The van der Waals surface area contributed by atoms with Crippen LogP contribution in [0, 0.1) is 11.8 Å². The highest BCUT2D eigenvalue weighted by molar-refractivity contribution is 6.44. The van der Waals surface area contributed by atoms with Crippen molar-refractivity contribution in [2.75, 3.05) is 13.6 Å². The molecule has 1 saturated heterocycles. The number of aliphatic hydroxyl groups is 1. The Hall–Kier alpha value is -3.13. The summed E-state index contributed by atoms with van der Waals surface area (Å²) in [6.07, 6.45) is 4.01. The maximum atomic E-state index is 14.0. The van der Waals surface area contributed by atoms with E-state index < -0.39 is 76.7 Å². The third-order valence-electron chi connectivity index (χ3n) is 9.24. The fraction of sp³-hybridized carbons (Fsp3) is 0.694. The molecule has 1 aliphatic heterocycles. The summed E-state index contributed by atoms with van der Waals surface area (Å²) < 4.78 is 0. The van der Waals surface area contributed by atoms with Crippen LogP contribution in [0.3, 0.4) is 0 Å². The number of phenolic OH excluding ortho intramolecular Hbond substituents is 1. The molecule has 15 heteroatoms. The van der Waals surface area contributed by atoms with Gasteiger partial charge in [-0.15, -0.1) is 23.2 Å². The summed E-state index contributed by atoms with van der Waals surface area (Å²) in [6.45, 7) is 7.49. The average Bonchev–Trinajstić information content (AvgIpc) is 3.56. The molecule has 0 radical (unpaired) electrons. The number of amides is 4. The summed E-state index contributed by atoms with van der Waals surface area (Å²) in [6, 6.07) is 0.852. The van der Waals surface area contributed by atoms with Crippen molar-refractivity contribution in [1.29, 1.82) is 0 Å². The number of aliphatic carboxylic acids is 1. The number of nitrogens with one attached hydrogen (secondary N) is 2. The number of nitrogens with two attached hydrogens (primary N) is 1. The van der Waals surface area contributed by atoms with Crippen LogP contribution in [0.5, 0.6) is 5.75 Å². The van der Waals surface area contributed by atoms with Crippen molar-refractivity contribution >= 4 is 52.8 Å². The molecule has 6 unspecified atom stereocenters. The van der Waals surface area contributed by atoms with Crippen LogP contribution in [0.25, 0.3) is 0 Å². The van der Waals surface area contributed by atoms with Gasteiger partial charge < -0.3 is 41.5 Å². The van der Waals surface area contributed by atoms with Gasteiger partial charge >= 0.3 is 5.97 Å². The number of nitrogens with zero attached hydrogens (tertiary/aromatic N) is 2. The van der Waals surface area contributed by atoms with Crippen molar-refractivity contribution in [3.63, 3.8) is 0 Å². The van der Waals surface area contributed by atoms with Gasteiger partial charge in [0.2, 0.25) is 17.7 Å². The molecule has 0 saturated carbocycles. The smallest absolute Gasteiger partial charge is 0.326 e. The van der Waals surface area contributed by atoms with E-state index in [1.54, 1.807) is 26.0 Å². The van der Waals surface area contributed by atoms with Crippen molar-refractivity contribution in [3.8, 4) is 5.75 Å². The van der Waals surface area contributed by atoms with E-state index in [1.165, 1.54) is 29.0 Å². The Balaban J connectivity index is 2.11. The second-order valence-electron chi connectivity index (χ2n) is 14.3. The van der Waals surface area contributed by atoms with E-state index in [0.29, 0.717) is 37.7 Å². The number of carbonyl (C=O) groups excluding carboxylic acids is 4. The Bertz CT molecular complexity index is 1300. The van der Waals surface area contributed by atoms with Gasteiger partial charge in [0.05, 0.1) is 0 Å². The average molecular weight is 759 g/mol. The van der Waals surface area contributed by atoms with Crippen molar-refractivity contribution in [2.45, 2.75) is 133 Å². The van der Waals surface area contributed by atoms with Crippen LogP contribution in [0.1, 0.15) is 91.0 Å². The number of unbranched alkanes of at least 4 members (excludes halogenated alkanes) is 3. The minimum absolute atomic E-state index is 0.0231. The summed E-state index contributed by atoms with van der Waals surface area (Å²) >= 11 is 11.5. The van der Waals surface area contributed by atoms with Crippen LogP contribution in [0.2, 0.25) is 0 Å². The third-order valence-corrected chi connectivity index (χ3v) is 9.68. The Morgan fingerprint density at radius 3 is 2.14 bits per heavy atom. The molecule has 0 aromatic heterocycles. The number of carboxylic acids is 1. The monoisotopic (exact) mass is 757 g/mol. The number of aromatic hydroxyl groups is 1. The molecule has 2 rings (SSSR count). The fourth-order valence-electron chi connectivity index (χ4n) is 6.21. The van der Waals surface area contributed by atoms with E-state index >= 15 is 0 Å². The highest BCUT2D eigenvalue weighted by Gasteiger charge is 2.41. The van der Waals surface area contributed by atoms with Gasteiger partial charge in [0, 0.05) is 26.1 Å². The van der Waals surface area contributed by atoms with E-state index in [4.69, 9.17) is 28.9 Å². The Kier molecular flexibility index (Phi) is 18.5. The molecule has 6 atom stereocenters. The van der Waals surface area contributed by atoms with Crippen molar-refractivity contribution in [2.24, 2.45) is 17.6 Å². The number of halogens is 2. The summed E-state index contributed by atoms with van der Waals surface area (Å²) in [5.74, 6) is -4.08. The lowest BCUT2D eigenvalue weighted by Crippen LogP contribution is -2.60. The normalized spacial score (nSPS) is 17.6. The number of benzene rings is 1. The molecule has 1 aromatic rings. The predicted octanol–water partition coefficient (Wildman–Crippen LogP) is 3.34. The highest BCUT2D eigenvalue weighted by Crippen LogP contribution is 2.22. The largest absolute Gasteiger partial charge is 0.508 e. The van der Waals surface area contributed by atoms with Crippen molar-refractivity contribution in [3.05, 3.63) is 29.8 Å². The molecule has 13 nitrogen and oxygen atoms in total. The lowest BCUT2D eigenvalue weighted by Gasteiger charge is -2.35. The maximum Gasteiger partial charge on any atom is 0.326 e. The predicted molar refractivity (Wildman–Crippen MR) is 196 cm³/mol. The molecule has 1 fully saturated rings. The molecule has 0 bridgehead atoms. The first-order valence-electron chi connectivity index (χ1n) is 17.8. The Labute approximate surface area is 311 Å². The maximum absolute atomic E-state index is 14.0. The number of hydrogen-bond donors (Lipinski definition) is 6. The van der Waals surface area contributed by atoms with Crippen LogP contribution < -0.4 is 16.4 Å². The summed E-state index contributed by atoms with van der Waals surface area (Å²) in [5, 5.41) is 35.6. The number of rotatable bonds is 21. The van der Waals surface area contributed by atoms with Crippen LogP contribution in [-0.4, -0.2) is 109 Å². The van der Waals surface area contributed by atoms with Crippen molar-refractivity contribution < 1.29 is 39.3 Å². The minimum atomic E-state index is -1.49. The molecule has 1 heterocycles. The zero-order chi connectivity index (χ0) is 38.4. The van der Waals surface area contributed by atoms with E-state index in [0.717, 1.165) is 19.3 Å². The molecule has 4 amide bonds. The molecule has 0 aliphatic carbocycles. The zero-order valence-electron chi connectivity index (χ0n) is 30.4. The summed E-state index contributed by atoms with van der Waals surface area (Å²) in [7, 11) is 1.45. The van der Waals surface area contributed by atoms with E-state index in [1.807, 2.05) is 13.8 Å². The molecular formula is C36H57Cl2N5O8. The topological polar surface area (TPSA) is 203 Å². The van der Waals surface area contributed by atoms with Crippen LogP contribution in [0.15, 0.2) is 24.3 Å². The minimum Gasteiger partial charge on any atom is -0.508 e. The molecule has 7 N–H and O–H groups in total. The number of carboxylic acid groups (broad SMARTS) is 1. The molecule has 1 aliphatic rings. The van der Waals surface area contributed by atoms with Gasteiger partial charge in [-0.2, -0.15) is 0 Å². The first-order valence-corrected chi connectivity index (χ1v) is 18.7. The zero-order valence-corrected chi connectivity index (χ0v) is 31.9. The number of carbonyl (C=O) groups is 5. The van der Waals surface area contributed by atoms with Crippen LogP contribution in [-0.2, 0) is 30.4 Å². The second kappa shape index (κ2) is 21.4. The van der Waals surface area contributed by atoms with Crippen LogP contribution >= 0.6 is 23.2 Å². The molecule has 288 valence electrons. The lowest BCUT2D eigenvalue weighted by atomic mass is 9.97. The number of aliphatic hydroxyl groups excluding tert-OH is 1. The van der Waals surface area contributed by atoms with Gasteiger partial charge in [-0.1, -0.05) is 65.5 Å². The first-order chi connectivity index (χ1) is 23.9. The number of hydrogen-bond acceptors (Lipinski definition) is 8. The second-order valence-corrected chi connectivity index (χ2v) is 15.6. The third kappa shape index (κ3) is 14.1. The van der Waals surface area contributed by atoms with Gasteiger partial charge in [-0.05, 0) is 61.6 Å². The molecule has 51 heavy (non-hydrogen) atoms. The van der Waals surface area contributed by atoms with Crippen molar-refractivity contribution in [1.82, 2.24) is 20.4 Å². The molecule has 1 aromatic carbocycles. The van der Waals surface area contributed by atoms with Gasteiger partial charge in [0.15, 0.2) is 0 Å². The summed E-state index contributed by atoms with van der Waals surface area (Å²) in [4.78, 5) is 68.8. The van der Waals surface area contributed by atoms with E-state index in [-0.39, 0.29) is 31.1 Å². The molecular weight excluding hydrogens is 701 g/mol. The van der Waals surface area contributed by atoms with E-state index in [2.05, 4.69) is 10.6 Å².